The molecule has 3 heterocycles. The quantitative estimate of drug-likeness (QED) is 0.941. The molecule has 1 amide bonds. The minimum Gasteiger partial charge on any atom is -0.335 e. The van der Waals surface area contributed by atoms with Crippen LogP contribution in [0.25, 0.3) is 0 Å². The van der Waals surface area contributed by atoms with E-state index in [1.165, 1.54) is 16.2 Å². The average molecular weight is 320 g/mol. The molecule has 0 radical (unpaired) electrons. The highest BCUT2D eigenvalue weighted by Gasteiger charge is 2.29. The molecule has 0 aliphatic carbocycles. The van der Waals surface area contributed by atoms with Crippen molar-refractivity contribution in [1.29, 1.82) is 5.26 Å². The van der Waals surface area contributed by atoms with E-state index in [0.717, 1.165) is 23.3 Å². The fraction of sp³-hybridized carbons (Fsp3) is 0.286. The highest BCUT2D eigenvalue weighted by atomic mass is 32.2. The van der Waals surface area contributed by atoms with Crippen molar-refractivity contribution in [3.8, 4) is 6.07 Å². The molecule has 1 aliphatic rings. The van der Waals surface area contributed by atoms with Crippen LogP contribution in [-0.2, 0) is 11.2 Å². The van der Waals surface area contributed by atoms with Crippen molar-refractivity contribution >= 4 is 40.3 Å². The van der Waals surface area contributed by atoms with E-state index in [2.05, 4.69) is 11.4 Å². The number of nitrogens with one attached hydrogen (secondary N) is 1. The first kappa shape index (κ1) is 13.7. The number of aryl methyl sites for hydroxylation is 1. The lowest BCUT2D eigenvalue weighted by atomic mass is 10.1. The van der Waals surface area contributed by atoms with Crippen molar-refractivity contribution in [2.45, 2.75) is 17.7 Å². The van der Waals surface area contributed by atoms with Gasteiger partial charge in [0.2, 0.25) is 5.91 Å². The number of carbonyl (C=O) groups excluding carboxylic acids is 1. The van der Waals surface area contributed by atoms with Gasteiger partial charge in [-0.15, -0.1) is 23.1 Å². The Morgan fingerprint density at radius 1 is 1.45 bits per heavy atom. The van der Waals surface area contributed by atoms with Gasteiger partial charge < -0.3 is 5.32 Å². The van der Waals surface area contributed by atoms with Gasteiger partial charge in [0.15, 0.2) is 0 Å². The van der Waals surface area contributed by atoms with Crippen LogP contribution in [0, 0.1) is 11.3 Å². The Morgan fingerprint density at radius 3 is 3.10 bits per heavy atom. The van der Waals surface area contributed by atoms with Crippen molar-refractivity contribution < 1.29 is 4.79 Å². The predicted molar refractivity (Wildman–Crippen MR) is 84.0 cm³/mol. The molecule has 102 valence electrons. The SMILES string of the molecule is N#C[C@@H](NC(=O)[C@@H]1SCCc2sccc21)c1ccsc1. The lowest BCUT2D eigenvalue weighted by molar-refractivity contribution is -0.121. The lowest BCUT2D eigenvalue weighted by Crippen LogP contribution is -2.32. The van der Waals surface area contributed by atoms with Gasteiger partial charge in [-0.1, -0.05) is 0 Å². The summed E-state index contributed by atoms with van der Waals surface area (Å²) in [6.07, 6.45) is 1.04. The molecular weight excluding hydrogens is 308 g/mol. The molecule has 0 aromatic carbocycles. The monoisotopic (exact) mass is 320 g/mol. The summed E-state index contributed by atoms with van der Waals surface area (Å²) in [5.41, 5.74) is 1.97. The molecule has 0 saturated carbocycles. The molecule has 6 heteroatoms. The van der Waals surface area contributed by atoms with Gasteiger partial charge in [0, 0.05) is 4.88 Å². The summed E-state index contributed by atoms with van der Waals surface area (Å²) in [5.74, 6) is 0.897. The molecule has 3 nitrogen and oxygen atoms in total. The number of thioether (sulfide) groups is 1. The molecule has 2 aromatic rings. The van der Waals surface area contributed by atoms with Crippen LogP contribution in [0.1, 0.15) is 27.3 Å². The molecule has 3 rings (SSSR count). The van der Waals surface area contributed by atoms with E-state index in [0.29, 0.717) is 0 Å². The maximum absolute atomic E-state index is 12.4. The van der Waals surface area contributed by atoms with Crippen molar-refractivity contribution in [1.82, 2.24) is 5.32 Å². The first-order valence-electron chi connectivity index (χ1n) is 6.19. The summed E-state index contributed by atoms with van der Waals surface area (Å²) < 4.78 is 0. The number of nitrogens with zero attached hydrogens (tertiary/aromatic N) is 1. The standard InChI is InChI=1S/C14H12N2OS3/c15-7-11(9-1-4-18-8-9)16-14(17)13-10-2-5-19-12(10)3-6-20-13/h1-2,4-5,8,11,13H,3,6H2,(H,16,17)/t11-,13-/m1/s1. The number of rotatable bonds is 3. The second-order valence-electron chi connectivity index (χ2n) is 4.43. The van der Waals surface area contributed by atoms with Gasteiger partial charge in [0.05, 0.1) is 6.07 Å². The van der Waals surface area contributed by atoms with Crippen LogP contribution in [0.15, 0.2) is 28.3 Å². The zero-order valence-electron chi connectivity index (χ0n) is 10.5. The van der Waals surface area contributed by atoms with E-state index in [9.17, 15) is 10.1 Å². The number of fused-ring (bicyclic) bond motifs is 1. The summed E-state index contributed by atoms with van der Waals surface area (Å²) in [6, 6.07) is 5.51. The summed E-state index contributed by atoms with van der Waals surface area (Å²) in [7, 11) is 0. The molecule has 2 atom stereocenters. The smallest absolute Gasteiger partial charge is 0.238 e. The topological polar surface area (TPSA) is 52.9 Å². The van der Waals surface area contributed by atoms with Crippen LogP contribution in [0.4, 0.5) is 0 Å². The molecule has 0 saturated heterocycles. The van der Waals surface area contributed by atoms with E-state index in [4.69, 9.17) is 0 Å². The largest absolute Gasteiger partial charge is 0.335 e. The Hall–Kier alpha value is -1.29. The molecule has 0 fully saturated rings. The minimum atomic E-state index is -0.557. The Labute approximate surface area is 129 Å². The van der Waals surface area contributed by atoms with Gasteiger partial charge >= 0.3 is 0 Å². The van der Waals surface area contributed by atoms with Gasteiger partial charge in [-0.05, 0) is 51.6 Å². The summed E-state index contributed by atoms with van der Waals surface area (Å²) in [4.78, 5) is 13.7. The van der Waals surface area contributed by atoms with E-state index in [-0.39, 0.29) is 11.2 Å². The molecule has 0 unspecified atom stereocenters. The Balaban J connectivity index is 1.76. The molecule has 1 N–H and O–H groups in total. The van der Waals surface area contributed by atoms with Crippen LogP contribution in [0.2, 0.25) is 0 Å². The van der Waals surface area contributed by atoms with Gasteiger partial charge in [-0.25, -0.2) is 0 Å². The molecule has 1 aliphatic heterocycles. The molecule has 20 heavy (non-hydrogen) atoms. The third-order valence-electron chi connectivity index (χ3n) is 3.21. The van der Waals surface area contributed by atoms with E-state index in [1.54, 1.807) is 23.1 Å². The molecule has 2 aromatic heterocycles. The van der Waals surface area contributed by atoms with Crippen LogP contribution < -0.4 is 5.32 Å². The fourth-order valence-corrected chi connectivity index (χ4v) is 5.20. The van der Waals surface area contributed by atoms with Crippen molar-refractivity contribution in [2.75, 3.05) is 5.75 Å². The minimum absolute atomic E-state index is 0.0629. The third kappa shape index (κ3) is 2.62. The lowest BCUT2D eigenvalue weighted by Gasteiger charge is -2.22. The Morgan fingerprint density at radius 2 is 2.35 bits per heavy atom. The van der Waals surface area contributed by atoms with Crippen molar-refractivity contribution in [3.05, 3.63) is 44.3 Å². The highest BCUT2D eigenvalue weighted by molar-refractivity contribution is 8.00. The van der Waals surface area contributed by atoms with Crippen molar-refractivity contribution in [2.24, 2.45) is 0 Å². The predicted octanol–water partition coefficient (Wildman–Crippen LogP) is 3.52. The number of nitriles is 1. The van der Waals surface area contributed by atoms with Gasteiger partial charge in [-0.3, -0.25) is 4.79 Å². The zero-order valence-corrected chi connectivity index (χ0v) is 13.0. The van der Waals surface area contributed by atoms with Crippen molar-refractivity contribution in [3.63, 3.8) is 0 Å². The summed E-state index contributed by atoms with van der Waals surface area (Å²) >= 11 is 4.90. The molecular formula is C14H12N2OS3. The number of carbonyl (C=O) groups is 1. The van der Waals surface area contributed by atoms with E-state index < -0.39 is 6.04 Å². The van der Waals surface area contributed by atoms with Crippen LogP contribution in [0.5, 0.6) is 0 Å². The number of hydrogen-bond acceptors (Lipinski definition) is 5. The second-order valence-corrected chi connectivity index (χ2v) is 7.42. The normalized spacial score (nSPS) is 18.9. The zero-order chi connectivity index (χ0) is 13.9. The summed E-state index contributed by atoms with van der Waals surface area (Å²) in [5, 5.41) is 17.8. The van der Waals surface area contributed by atoms with E-state index in [1.807, 2.05) is 28.3 Å². The number of thiophene rings is 2. The number of amides is 1. The van der Waals surface area contributed by atoms with Gasteiger partial charge in [0.1, 0.15) is 11.3 Å². The van der Waals surface area contributed by atoms with Gasteiger partial charge in [-0.2, -0.15) is 16.6 Å². The van der Waals surface area contributed by atoms with Crippen LogP contribution in [0.3, 0.4) is 0 Å². The Bertz CT molecular complexity index is 642. The first-order chi connectivity index (χ1) is 9.79. The third-order valence-corrected chi connectivity index (χ3v) is 6.15. The van der Waals surface area contributed by atoms with Gasteiger partial charge in [0.25, 0.3) is 0 Å². The summed E-state index contributed by atoms with van der Waals surface area (Å²) in [6.45, 7) is 0. The average Bonchev–Trinajstić information content (AvgIpc) is 3.14. The fourth-order valence-electron chi connectivity index (χ4n) is 2.21. The van der Waals surface area contributed by atoms with Crippen LogP contribution in [-0.4, -0.2) is 11.7 Å². The highest BCUT2D eigenvalue weighted by Crippen LogP contribution is 2.39. The second kappa shape index (κ2) is 6.00. The Kier molecular flexibility index (Phi) is 4.10. The van der Waals surface area contributed by atoms with Crippen LogP contribution >= 0.6 is 34.4 Å². The maximum atomic E-state index is 12.4. The number of hydrogen-bond donors (Lipinski definition) is 1. The van der Waals surface area contributed by atoms with E-state index >= 15 is 0 Å². The maximum Gasteiger partial charge on any atom is 0.238 e. The molecule has 0 bridgehead atoms. The first-order valence-corrected chi connectivity index (χ1v) is 9.06. The molecule has 0 spiro atoms.